The Labute approximate surface area is 160 Å². The number of thiophene rings is 1. The van der Waals surface area contributed by atoms with Crippen molar-refractivity contribution in [1.82, 2.24) is 4.57 Å². The first-order valence-corrected chi connectivity index (χ1v) is 9.90. The van der Waals surface area contributed by atoms with Crippen molar-refractivity contribution >= 4 is 33.5 Å². The molecule has 3 heterocycles. The molecule has 3 aromatic rings. The number of methoxy groups -OCH3 is 1. The van der Waals surface area contributed by atoms with E-state index in [0.717, 1.165) is 52.7 Å². The zero-order chi connectivity index (χ0) is 19.0. The first-order valence-electron chi connectivity index (χ1n) is 9.08. The summed E-state index contributed by atoms with van der Waals surface area (Å²) in [5.74, 6) is -0.958. The van der Waals surface area contributed by atoms with E-state index in [2.05, 4.69) is 0 Å². The minimum atomic E-state index is -0.944. The number of esters is 1. The molecule has 1 N–H and O–H groups in total. The second-order valence-electron chi connectivity index (χ2n) is 6.90. The number of carbonyl (C=O) groups is 2. The number of aromatic carboxylic acids is 1. The van der Waals surface area contributed by atoms with Crippen molar-refractivity contribution in [3.05, 3.63) is 35.1 Å². The number of aromatic nitrogens is 1. The summed E-state index contributed by atoms with van der Waals surface area (Å²) < 4.78 is 13.0. The maximum atomic E-state index is 12.1. The average Bonchev–Trinajstić information content (AvgIpc) is 3.38. The van der Waals surface area contributed by atoms with E-state index < -0.39 is 5.97 Å². The fourth-order valence-corrected chi connectivity index (χ4v) is 5.22. The number of furan rings is 1. The Morgan fingerprint density at radius 1 is 1.33 bits per heavy atom. The second kappa shape index (κ2) is 7.23. The lowest BCUT2D eigenvalue weighted by Gasteiger charge is -2.23. The number of fused-ring (bicyclic) bond motifs is 1. The monoisotopic (exact) mass is 387 g/mol. The Hall–Kier alpha value is -2.54. The van der Waals surface area contributed by atoms with Gasteiger partial charge in [0.05, 0.1) is 35.5 Å². The van der Waals surface area contributed by atoms with Crippen molar-refractivity contribution in [2.24, 2.45) is 0 Å². The van der Waals surface area contributed by atoms with Crippen LogP contribution in [0.1, 0.15) is 53.3 Å². The van der Waals surface area contributed by atoms with Gasteiger partial charge in [0.15, 0.2) is 0 Å². The van der Waals surface area contributed by atoms with Crippen LogP contribution in [0.15, 0.2) is 29.1 Å². The van der Waals surface area contributed by atoms with Gasteiger partial charge in [-0.25, -0.2) is 4.79 Å². The summed E-state index contributed by atoms with van der Waals surface area (Å²) in [6.45, 7) is 0.0377. The molecule has 0 unspecified atom stereocenters. The normalized spacial score (nSPS) is 15.3. The fraction of sp³-hybridized carbons (Fsp3) is 0.400. The van der Waals surface area contributed by atoms with Gasteiger partial charge in [0.2, 0.25) is 0 Å². The van der Waals surface area contributed by atoms with Crippen LogP contribution in [0.4, 0.5) is 0 Å². The zero-order valence-electron chi connectivity index (χ0n) is 15.1. The van der Waals surface area contributed by atoms with Crippen LogP contribution in [-0.4, -0.2) is 28.7 Å². The first kappa shape index (κ1) is 17.9. The molecule has 1 aliphatic rings. The number of carboxylic acids is 1. The van der Waals surface area contributed by atoms with Crippen LogP contribution in [-0.2, 0) is 16.1 Å². The Balaban J connectivity index is 1.99. The van der Waals surface area contributed by atoms with Gasteiger partial charge in [-0.2, -0.15) is 0 Å². The SMILES string of the molecule is COC(=O)Cn1c(-c2ccoc2)c(C2CCCCC2)c2sc(C(=O)O)cc21. The molecule has 1 aliphatic carbocycles. The smallest absolute Gasteiger partial charge is 0.345 e. The fourth-order valence-electron chi connectivity index (χ4n) is 4.09. The summed E-state index contributed by atoms with van der Waals surface area (Å²) in [5, 5.41) is 9.47. The average molecular weight is 387 g/mol. The van der Waals surface area contributed by atoms with Crippen molar-refractivity contribution in [3.63, 3.8) is 0 Å². The van der Waals surface area contributed by atoms with Gasteiger partial charge in [0, 0.05) is 5.56 Å². The van der Waals surface area contributed by atoms with Crippen LogP contribution in [0.25, 0.3) is 21.5 Å². The molecule has 27 heavy (non-hydrogen) atoms. The summed E-state index contributed by atoms with van der Waals surface area (Å²) >= 11 is 1.29. The lowest BCUT2D eigenvalue weighted by molar-refractivity contribution is -0.141. The standard InChI is InChI=1S/C20H21NO5S/c1-25-16(22)10-21-14-9-15(20(23)24)27-19(14)17(12-5-3-2-4-6-12)18(21)13-7-8-26-11-13/h7-9,11-12H,2-6,10H2,1H3,(H,23,24). The zero-order valence-corrected chi connectivity index (χ0v) is 15.9. The second-order valence-corrected chi connectivity index (χ2v) is 7.95. The number of carboxylic acid groups (broad SMARTS) is 1. The molecule has 7 heteroatoms. The maximum Gasteiger partial charge on any atom is 0.345 e. The highest BCUT2D eigenvalue weighted by Crippen LogP contribution is 2.46. The molecule has 0 amide bonds. The van der Waals surface area contributed by atoms with Gasteiger partial charge in [0.25, 0.3) is 0 Å². The third kappa shape index (κ3) is 3.16. The molecule has 142 valence electrons. The van der Waals surface area contributed by atoms with Crippen LogP contribution in [0.2, 0.25) is 0 Å². The van der Waals surface area contributed by atoms with Gasteiger partial charge >= 0.3 is 11.9 Å². The quantitative estimate of drug-likeness (QED) is 0.631. The van der Waals surface area contributed by atoms with Gasteiger partial charge in [0.1, 0.15) is 11.4 Å². The number of carbonyl (C=O) groups excluding carboxylic acids is 1. The molecular weight excluding hydrogens is 366 g/mol. The number of rotatable bonds is 5. The Morgan fingerprint density at radius 3 is 2.74 bits per heavy atom. The molecule has 6 nitrogen and oxygen atoms in total. The first-order chi connectivity index (χ1) is 13.1. The molecule has 0 atom stereocenters. The van der Waals surface area contributed by atoms with Gasteiger partial charge < -0.3 is 18.8 Å². The summed E-state index contributed by atoms with van der Waals surface area (Å²) in [6.07, 6.45) is 9.00. The predicted octanol–water partition coefficient (Wildman–Crippen LogP) is 4.88. The van der Waals surface area contributed by atoms with Crippen molar-refractivity contribution in [2.45, 2.75) is 44.6 Å². The molecule has 0 aromatic carbocycles. The van der Waals surface area contributed by atoms with Crippen LogP contribution in [0.5, 0.6) is 0 Å². The summed E-state index contributed by atoms with van der Waals surface area (Å²) in [7, 11) is 1.36. The van der Waals surface area contributed by atoms with Gasteiger partial charge in [-0.15, -0.1) is 11.3 Å². The van der Waals surface area contributed by atoms with E-state index in [1.165, 1.54) is 24.9 Å². The van der Waals surface area contributed by atoms with Crippen LogP contribution < -0.4 is 0 Å². The van der Waals surface area contributed by atoms with Gasteiger partial charge in [-0.1, -0.05) is 19.3 Å². The lowest BCUT2D eigenvalue weighted by atomic mass is 9.83. The molecule has 0 spiro atoms. The van der Waals surface area contributed by atoms with Crippen molar-refractivity contribution in [3.8, 4) is 11.3 Å². The molecule has 3 aromatic heterocycles. The number of nitrogens with zero attached hydrogens (tertiary/aromatic N) is 1. The van der Waals surface area contributed by atoms with E-state index in [4.69, 9.17) is 9.15 Å². The van der Waals surface area contributed by atoms with Crippen molar-refractivity contribution in [1.29, 1.82) is 0 Å². The van der Waals surface area contributed by atoms with Crippen LogP contribution in [0, 0.1) is 0 Å². The highest BCUT2D eigenvalue weighted by atomic mass is 32.1. The van der Waals surface area contributed by atoms with E-state index >= 15 is 0 Å². The highest BCUT2D eigenvalue weighted by molar-refractivity contribution is 7.21. The number of ether oxygens (including phenoxy) is 1. The third-order valence-corrected chi connectivity index (χ3v) is 6.45. The lowest BCUT2D eigenvalue weighted by Crippen LogP contribution is -2.13. The number of hydrogen-bond donors (Lipinski definition) is 1. The molecule has 0 saturated heterocycles. The molecular formula is C20H21NO5S. The van der Waals surface area contributed by atoms with E-state index in [1.807, 2.05) is 10.6 Å². The molecule has 1 saturated carbocycles. The van der Waals surface area contributed by atoms with E-state index in [1.54, 1.807) is 18.6 Å². The van der Waals surface area contributed by atoms with Crippen molar-refractivity contribution in [2.75, 3.05) is 7.11 Å². The van der Waals surface area contributed by atoms with Crippen LogP contribution in [0.3, 0.4) is 0 Å². The summed E-state index contributed by atoms with van der Waals surface area (Å²) in [5.41, 5.74) is 3.77. The van der Waals surface area contributed by atoms with Crippen molar-refractivity contribution < 1.29 is 23.8 Å². The predicted molar refractivity (Wildman–Crippen MR) is 102 cm³/mol. The summed E-state index contributed by atoms with van der Waals surface area (Å²) in [6, 6.07) is 3.55. The maximum absolute atomic E-state index is 12.1. The topological polar surface area (TPSA) is 81.7 Å². The molecule has 0 radical (unpaired) electrons. The third-order valence-electron chi connectivity index (χ3n) is 5.31. The Kier molecular flexibility index (Phi) is 4.78. The number of hydrogen-bond acceptors (Lipinski definition) is 5. The van der Waals surface area contributed by atoms with Gasteiger partial charge in [-0.3, -0.25) is 4.79 Å². The molecule has 4 rings (SSSR count). The Morgan fingerprint density at radius 2 is 2.11 bits per heavy atom. The minimum absolute atomic E-state index is 0.0377. The largest absolute Gasteiger partial charge is 0.477 e. The highest BCUT2D eigenvalue weighted by Gasteiger charge is 2.29. The minimum Gasteiger partial charge on any atom is -0.477 e. The van der Waals surface area contributed by atoms with E-state index in [9.17, 15) is 14.7 Å². The van der Waals surface area contributed by atoms with Gasteiger partial charge in [-0.05, 0) is 36.5 Å². The molecule has 0 bridgehead atoms. The molecule has 1 fully saturated rings. The Bertz CT molecular complexity index is 976. The van der Waals surface area contributed by atoms with E-state index in [0.29, 0.717) is 5.92 Å². The van der Waals surface area contributed by atoms with E-state index in [-0.39, 0.29) is 17.4 Å². The van der Waals surface area contributed by atoms with Crippen LogP contribution >= 0.6 is 11.3 Å². The summed E-state index contributed by atoms with van der Waals surface area (Å²) in [4.78, 5) is 23.9. The molecule has 0 aliphatic heterocycles.